The molecule has 0 fully saturated rings. The molecule has 3 aromatic rings. The normalized spacial score (nSPS) is 11.3. The van der Waals surface area contributed by atoms with Crippen molar-refractivity contribution in [3.63, 3.8) is 0 Å². The maximum Gasteiger partial charge on any atom is 0.261 e. The number of nitrogens with one attached hydrogen (secondary N) is 1. The molecule has 0 aliphatic rings. The van der Waals surface area contributed by atoms with E-state index in [1.165, 1.54) is 10.9 Å². The fraction of sp³-hybridized carbons (Fsp3) is 0.389. The van der Waals surface area contributed by atoms with Crippen LogP contribution in [0.3, 0.4) is 0 Å². The Bertz CT molecular complexity index is 1010. The Labute approximate surface area is 164 Å². The summed E-state index contributed by atoms with van der Waals surface area (Å²) in [5.41, 5.74) is 0.351. The van der Waals surface area contributed by atoms with Crippen LogP contribution >= 0.6 is 15.9 Å². The molecule has 0 bridgehead atoms. The molecular weight excluding hydrogens is 414 g/mol. The molecule has 0 unspecified atom stereocenters. The fourth-order valence-corrected chi connectivity index (χ4v) is 2.89. The van der Waals surface area contributed by atoms with Crippen molar-refractivity contribution in [1.29, 1.82) is 0 Å². The number of aromatic nitrogens is 4. The first-order valence-electron chi connectivity index (χ1n) is 8.68. The van der Waals surface area contributed by atoms with Crippen LogP contribution in [-0.2, 0) is 17.8 Å². The summed E-state index contributed by atoms with van der Waals surface area (Å²) in [4.78, 5) is 33.1. The van der Waals surface area contributed by atoms with E-state index in [0.29, 0.717) is 42.0 Å². The van der Waals surface area contributed by atoms with Gasteiger partial charge in [0.25, 0.3) is 5.56 Å². The molecule has 2 heterocycles. The van der Waals surface area contributed by atoms with E-state index >= 15 is 0 Å². The third kappa shape index (κ3) is 4.79. The quantitative estimate of drug-likeness (QED) is 0.573. The number of hydrogen-bond acceptors (Lipinski definition) is 6. The van der Waals surface area contributed by atoms with Gasteiger partial charge in [0.2, 0.25) is 11.8 Å². The van der Waals surface area contributed by atoms with Crippen molar-refractivity contribution in [2.45, 2.75) is 39.2 Å². The molecule has 9 heteroatoms. The summed E-state index contributed by atoms with van der Waals surface area (Å²) in [5.74, 6) is 1.22. The van der Waals surface area contributed by atoms with E-state index < -0.39 is 0 Å². The zero-order valence-electron chi connectivity index (χ0n) is 15.1. The number of fused-ring (bicyclic) bond motifs is 1. The Hall–Kier alpha value is -2.55. The van der Waals surface area contributed by atoms with Crippen molar-refractivity contribution < 1.29 is 9.32 Å². The molecule has 27 heavy (non-hydrogen) atoms. The average Bonchev–Trinajstić information content (AvgIpc) is 3.11. The van der Waals surface area contributed by atoms with Gasteiger partial charge in [-0.2, -0.15) is 4.98 Å². The minimum Gasteiger partial charge on any atom is -0.355 e. The maximum absolute atomic E-state index is 12.5. The molecule has 8 nitrogen and oxygen atoms in total. The van der Waals surface area contributed by atoms with Crippen LogP contribution in [0.25, 0.3) is 10.9 Å². The van der Waals surface area contributed by atoms with E-state index in [-0.39, 0.29) is 23.9 Å². The van der Waals surface area contributed by atoms with Crippen molar-refractivity contribution in [1.82, 2.24) is 25.0 Å². The standard InChI is InChI=1S/C18H20BrN5O3/c1-11(2)17-22-16(27-23-17)4-3-7-20-15(25)9-24-10-21-14-6-5-12(19)8-13(14)18(24)26/h5-6,8,10-11H,3-4,7,9H2,1-2H3,(H,20,25). The molecule has 0 saturated heterocycles. The van der Waals surface area contributed by atoms with E-state index in [1.54, 1.807) is 12.1 Å². The molecule has 1 amide bonds. The van der Waals surface area contributed by atoms with Crippen LogP contribution in [0.2, 0.25) is 0 Å². The number of aryl methyl sites for hydroxylation is 1. The summed E-state index contributed by atoms with van der Waals surface area (Å²) in [5, 5.41) is 7.17. The number of benzene rings is 1. The van der Waals surface area contributed by atoms with Crippen LogP contribution in [0.5, 0.6) is 0 Å². The summed E-state index contributed by atoms with van der Waals surface area (Å²) in [6, 6.07) is 5.28. The summed E-state index contributed by atoms with van der Waals surface area (Å²) in [6.45, 7) is 4.38. The van der Waals surface area contributed by atoms with Crippen LogP contribution in [-0.4, -0.2) is 32.1 Å². The number of nitrogens with zero attached hydrogens (tertiary/aromatic N) is 4. The van der Waals surface area contributed by atoms with Crippen molar-refractivity contribution >= 4 is 32.7 Å². The van der Waals surface area contributed by atoms with Gasteiger partial charge >= 0.3 is 0 Å². The Kier molecular flexibility index (Phi) is 6.00. The predicted octanol–water partition coefficient (Wildman–Crippen LogP) is 2.41. The van der Waals surface area contributed by atoms with Gasteiger partial charge in [0.15, 0.2) is 5.82 Å². The van der Waals surface area contributed by atoms with Gasteiger partial charge in [0.05, 0.1) is 17.2 Å². The van der Waals surface area contributed by atoms with Crippen molar-refractivity contribution in [2.75, 3.05) is 6.54 Å². The van der Waals surface area contributed by atoms with Gasteiger partial charge in [-0.3, -0.25) is 14.2 Å². The predicted molar refractivity (Wildman–Crippen MR) is 103 cm³/mol. The molecular formula is C18H20BrN5O3. The average molecular weight is 434 g/mol. The van der Waals surface area contributed by atoms with E-state index in [2.05, 4.69) is 36.4 Å². The largest absolute Gasteiger partial charge is 0.355 e. The van der Waals surface area contributed by atoms with Gasteiger partial charge in [0.1, 0.15) is 6.54 Å². The molecule has 2 aromatic heterocycles. The molecule has 0 aliphatic heterocycles. The summed E-state index contributed by atoms with van der Waals surface area (Å²) in [7, 11) is 0. The van der Waals surface area contributed by atoms with Gasteiger partial charge in [0, 0.05) is 23.4 Å². The van der Waals surface area contributed by atoms with E-state index in [4.69, 9.17) is 4.52 Å². The van der Waals surface area contributed by atoms with Crippen LogP contribution in [0.15, 0.2) is 38.3 Å². The van der Waals surface area contributed by atoms with Crippen molar-refractivity contribution in [3.05, 3.63) is 51.1 Å². The molecule has 142 valence electrons. The lowest BCUT2D eigenvalue weighted by atomic mass is 10.2. The number of carbonyl (C=O) groups excluding carboxylic acids is 1. The monoisotopic (exact) mass is 433 g/mol. The van der Waals surface area contributed by atoms with Gasteiger partial charge in [-0.25, -0.2) is 4.98 Å². The lowest BCUT2D eigenvalue weighted by molar-refractivity contribution is -0.121. The molecule has 0 radical (unpaired) electrons. The highest BCUT2D eigenvalue weighted by Crippen LogP contribution is 2.14. The lowest BCUT2D eigenvalue weighted by Crippen LogP contribution is -2.33. The van der Waals surface area contributed by atoms with Crippen LogP contribution in [0.4, 0.5) is 0 Å². The van der Waals surface area contributed by atoms with Crippen molar-refractivity contribution in [2.24, 2.45) is 0 Å². The van der Waals surface area contributed by atoms with Crippen LogP contribution in [0, 0.1) is 0 Å². The number of amides is 1. The Morgan fingerprint density at radius 1 is 1.37 bits per heavy atom. The summed E-state index contributed by atoms with van der Waals surface area (Å²) >= 11 is 3.34. The second kappa shape index (κ2) is 8.43. The van der Waals surface area contributed by atoms with Gasteiger partial charge in [-0.15, -0.1) is 0 Å². The zero-order valence-corrected chi connectivity index (χ0v) is 16.7. The highest BCUT2D eigenvalue weighted by atomic mass is 79.9. The second-order valence-electron chi connectivity index (χ2n) is 6.49. The van der Waals surface area contributed by atoms with Gasteiger partial charge < -0.3 is 9.84 Å². The van der Waals surface area contributed by atoms with Crippen LogP contribution in [0.1, 0.15) is 37.9 Å². The Morgan fingerprint density at radius 2 is 2.19 bits per heavy atom. The third-order valence-electron chi connectivity index (χ3n) is 3.99. The van der Waals surface area contributed by atoms with E-state index in [1.807, 2.05) is 19.9 Å². The topological polar surface area (TPSA) is 103 Å². The van der Waals surface area contributed by atoms with Gasteiger partial charge in [-0.05, 0) is 24.6 Å². The van der Waals surface area contributed by atoms with Crippen LogP contribution < -0.4 is 10.9 Å². The molecule has 1 N–H and O–H groups in total. The first kappa shape index (κ1) is 19.2. The smallest absolute Gasteiger partial charge is 0.261 e. The molecule has 0 aliphatic carbocycles. The number of hydrogen-bond donors (Lipinski definition) is 1. The zero-order chi connectivity index (χ0) is 19.4. The maximum atomic E-state index is 12.5. The molecule has 0 spiro atoms. The first-order chi connectivity index (χ1) is 12.9. The highest BCUT2D eigenvalue weighted by molar-refractivity contribution is 9.10. The number of rotatable bonds is 7. The minimum atomic E-state index is -0.248. The number of halogens is 1. The van der Waals surface area contributed by atoms with Crippen molar-refractivity contribution in [3.8, 4) is 0 Å². The molecule has 0 atom stereocenters. The molecule has 1 aromatic carbocycles. The van der Waals surface area contributed by atoms with E-state index in [9.17, 15) is 9.59 Å². The van der Waals surface area contributed by atoms with E-state index in [0.717, 1.165) is 4.47 Å². The Balaban J connectivity index is 1.52. The lowest BCUT2D eigenvalue weighted by Gasteiger charge is -2.07. The molecule has 3 rings (SSSR count). The molecule has 0 saturated carbocycles. The first-order valence-corrected chi connectivity index (χ1v) is 9.47. The number of carbonyl (C=O) groups is 1. The summed E-state index contributed by atoms with van der Waals surface area (Å²) < 4.78 is 7.26. The van der Waals surface area contributed by atoms with Gasteiger partial charge in [-0.1, -0.05) is 34.9 Å². The second-order valence-corrected chi connectivity index (χ2v) is 7.41. The highest BCUT2D eigenvalue weighted by Gasteiger charge is 2.11. The minimum absolute atomic E-state index is 0.0770. The third-order valence-corrected chi connectivity index (χ3v) is 4.48. The SMILES string of the molecule is CC(C)c1noc(CCCNC(=O)Cn2cnc3ccc(Br)cc3c2=O)n1. The Morgan fingerprint density at radius 3 is 2.93 bits per heavy atom. The fourth-order valence-electron chi connectivity index (χ4n) is 2.53. The summed E-state index contributed by atoms with van der Waals surface area (Å²) in [6.07, 6.45) is 2.65.